The number of carboxylic acids is 1. The van der Waals surface area contributed by atoms with Gasteiger partial charge in [0.15, 0.2) is 0 Å². The fraction of sp³-hybridized carbons (Fsp3) is 0.857. The van der Waals surface area contributed by atoms with Gasteiger partial charge in [-0.05, 0) is 37.8 Å². The van der Waals surface area contributed by atoms with Crippen LogP contribution in [0, 0.1) is 11.8 Å². The first-order chi connectivity index (χ1) is 9.51. The minimum Gasteiger partial charge on any atom is -0.480 e. The molecule has 2 amide bonds. The molecule has 3 atom stereocenters. The Morgan fingerprint density at radius 3 is 2.45 bits per heavy atom. The summed E-state index contributed by atoms with van der Waals surface area (Å²) in [5.74, 6) is -0.508. The summed E-state index contributed by atoms with van der Waals surface area (Å²) in [6.45, 7) is 6.89. The van der Waals surface area contributed by atoms with Crippen LogP contribution in [-0.4, -0.2) is 53.7 Å². The highest BCUT2D eigenvalue weighted by Gasteiger charge is 2.35. The molecule has 0 spiro atoms. The average Bonchev–Trinajstić information content (AvgIpc) is 2.45. The molecule has 6 heteroatoms. The van der Waals surface area contributed by atoms with Crippen molar-refractivity contribution in [2.24, 2.45) is 11.8 Å². The summed E-state index contributed by atoms with van der Waals surface area (Å²) in [7, 11) is 0. The van der Waals surface area contributed by atoms with Crippen LogP contribution in [-0.2, 0) is 4.79 Å². The second-order valence-electron chi connectivity index (χ2n) is 6.06. The van der Waals surface area contributed by atoms with E-state index in [4.69, 9.17) is 0 Å². The minimum atomic E-state index is -0.969. The van der Waals surface area contributed by atoms with E-state index in [0.29, 0.717) is 5.92 Å². The largest absolute Gasteiger partial charge is 0.480 e. The van der Waals surface area contributed by atoms with Gasteiger partial charge >= 0.3 is 12.0 Å². The number of aliphatic carboxylic acids is 1. The summed E-state index contributed by atoms with van der Waals surface area (Å²) in [5.41, 5.74) is 0. The van der Waals surface area contributed by atoms with E-state index in [1.165, 1.54) is 0 Å². The number of carbonyl (C=O) groups is 2. The lowest BCUT2D eigenvalue weighted by atomic mass is 9.84. The molecule has 114 valence electrons. The maximum atomic E-state index is 12.0. The van der Waals surface area contributed by atoms with Gasteiger partial charge in [-0.2, -0.15) is 0 Å². The summed E-state index contributed by atoms with van der Waals surface area (Å²) in [4.78, 5) is 25.6. The lowest BCUT2D eigenvalue weighted by Gasteiger charge is -2.45. The van der Waals surface area contributed by atoms with Crippen LogP contribution in [0.25, 0.3) is 0 Å². The van der Waals surface area contributed by atoms with Crippen molar-refractivity contribution in [2.45, 2.75) is 45.2 Å². The van der Waals surface area contributed by atoms with E-state index in [2.05, 4.69) is 15.5 Å². The van der Waals surface area contributed by atoms with Crippen LogP contribution >= 0.6 is 0 Å². The van der Waals surface area contributed by atoms with Crippen LogP contribution in [0.3, 0.4) is 0 Å². The number of carbonyl (C=O) groups excluding carboxylic acids is 1. The van der Waals surface area contributed by atoms with Crippen LogP contribution in [0.1, 0.15) is 33.1 Å². The van der Waals surface area contributed by atoms with Crippen LogP contribution < -0.4 is 10.6 Å². The number of rotatable bonds is 5. The smallest absolute Gasteiger partial charge is 0.326 e. The van der Waals surface area contributed by atoms with Crippen LogP contribution in [0.15, 0.2) is 0 Å². The third kappa shape index (κ3) is 3.42. The van der Waals surface area contributed by atoms with Gasteiger partial charge in [0.05, 0.1) is 0 Å². The Kier molecular flexibility index (Phi) is 4.86. The monoisotopic (exact) mass is 283 g/mol. The Hall–Kier alpha value is -1.30. The molecule has 0 saturated carbocycles. The highest BCUT2D eigenvalue weighted by atomic mass is 16.4. The molecule has 3 aliphatic heterocycles. The molecule has 2 bridgehead atoms. The second kappa shape index (κ2) is 6.43. The van der Waals surface area contributed by atoms with E-state index in [-0.39, 0.29) is 18.0 Å². The number of hydrogen-bond donors (Lipinski definition) is 3. The summed E-state index contributed by atoms with van der Waals surface area (Å²) >= 11 is 0. The average molecular weight is 283 g/mol. The van der Waals surface area contributed by atoms with Gasteiger partial charge in [0.2, 0.25) is 0 Å². The first kappa shape index (κ1) is 15.1. The molecule has 3 aliphatic rings. The van der Waals surface area contributed by atoms with Crippen LogP contribution in [0.4, 0.5) is 4.79 Å². The third-order valence-electron chi connectivity index (χ3n) is 4.74. The Labute approximate surface area is 119 Å². The molecule has 3 saturated heterocycles. The number of hydrogen-bond acceptors (Lipinski definition) is 3. The molecule has 0 aliphatic carbocycles. The normalized spacial score (nSPS) is 31.4. The number of nitrogens with zero attached hydrogens (tertiary/aromatic N) is 1. The van der Waals surface area contributed by atoms with Crippen LogP contribution in [0.5, 0.6) is 0 Å². The predicted octanol–water partition coefficient (Wildman–Crippen LogP) is 0.879. The van der Waals surface area contributed by atoms with E-state index in [1.807, 2.05) is 13.8 Å². The van der Waals surface area contributed by atoms with E-state index in [9.17, 15) is 14.7 Å². The second-order valence-corrected chi connectivity index (χ2v) is 6.06. The molecular weight excluding hydrogens is 258 g/mol. The molecule has 2 unspecified atom stereocenters. The first-order valence-corrected chi connectivity index (χ1v) is 7.53. The van der Waals surface area contributed by atoms with Gasteiger partial charge in [-0.15, -0.1) is 0 Å². The van der Waals surface area contributed by atoms with Crippen molar-refractivity contribution < 1.29 is 14.7 Å². The molecule has 0 aromatic carbocycles. The van der Waals surface area contributed by atoms with E-state index in [1.54, 1.807) is 0 Å². The van der Waals surface area contributed by atoms with Crippen molar-refractivity contribution in [1.29, 1.82) is 0 Å². The van der Waals surface area contributed by atoms with Crippen molar-refractivity contribution >= 4 is 12.0 Å². The summed E-state index contributed by atoms with van der Waals surface area (Å²) < 4.78 is 0. The summed E-state index contributed by atoms with van der Waals surface area (Å²) in [6, 6.07) is -1.01. The number of fused-ring (bicyclic) bond motifs is 3. The number of urea groups is 1. The number of nitrogens with one attached hydrogen (secondary N) is 2. The lowest BCUT2D eigenvalue weighted by Crippen LogP contribution is -2.60. The van der Waals surface area contributed by atoms with E-state index >= 15 is 0 Å². The zero-order valence-electron chi connectivity index (χ0n) is 12.3. The Balaban J connectivity index is 1.86. The zero-order valence-corrected chi connectivity index (χ0v) is 12.3. The molecular formula is C14H25N3O3. The quantitative estimate of drug-likeness (QED) is 0.699. The predicted molar refractivity (Wildman–Crippen MR) is 75.5 cm³/mol. The van der Waals surface area contributed by atoms with Gasteiger partial charge < -0.3 is 20.6 Å². The number of carboxylic acid groups (broad SMARTS) is 1. The topological polar surface area (TPSA) is 81.7 Å². The number of piperidine rings is 3. The first-order valence-electron chi connectivity index (χ1n) is 7.53. The standard InChI is InChI=1S/C14H25N3O3/c1-3-9(2)12(13(18)19)16-14(20)15-11-8-17-6-4-10(11)5-7-17/h9-12H,3-8H2,1-2H3,(H,18,19)(H2,15,16,20)/t9?,11?,12-/m0/s1. The molecule has 0 aromatic rings. The Bertz CT molecular complexity index is 367. The molecule has 20 heavy (non-hydrogen) atoms. The summed E-state index contributed by atoms with van der Waals surface area (Å²) in [6.07, 6.45) is 2.97. The van der Waals surface area contributed by atoms with Crippen molar-refractivity contribution in [1.82, 2.24) is 15.5 Å². The van der Waals surface area contributed by atoms with Gasteiger partial charge in [0.25, 0.3) is 0 Å². The van der Waals surface area contributed by atoms with Crippen LogP contribution in [0.2, 0.25) is 0 Å². The molecule has 3 fully saturated rings. The molecule has 3 heterocycles. The van der Waals surface area contributed by atoms with Crippen molar-refractivity contribution in [3.05, 3.63) is 0 Å². The van der Waals surface area contributed by atoms with E-state index in [0.717, 1.165) is 38.9 Å². The molecule has 6 nitrogen and oxygen atoms in total. The fourth-order valence-electron chi connectivity index (χ4n) is 3.16. The van der Waals surface area contributed by atoms with E-state index < -0.39 is 12.0 Å². The SMILES string of the molecule is CCC(C)[C@H](NC(=O)NC1CN2CCC1CC2)C(=O)O. The fourth-order valence-corrected chi connectivity index (χ4v) is 3.16. The van der Waals surface area contributed by atoms with Gasteiger partial charge in [0, 0.05) is 12.6 Å². The van der Waals surface area contributed by atoms with Gasteiger partial charge in [0.1, 0.15) is 6.04 Å². The van der Waals surface area contributed by atoms with Gasteiger partial charge in [-0.1, -0.05) is 20.3 Å². The molecule has 0 radical (unpaired) electrons. The highest BCUT2D eigenvalue weighted by molar-refractivity contribution is 5.82. The lowest BCUT2D eigenvalue weighted by molar-refractivity contribution is -0.140. The summed E-state index contributed by atoms with van der Waals surface area (Å²) in [5, 5.41) is 14.7. The van der Waals surface area contributed by atoms with Gasteiger partial charge in [-0.3, -0.25) is 0 Å². The number of amides is 2. The molecule has 3 N–H and O–H groups in total. The molecule has 0 aromatic heterocycles. The highest BCUT2D eigenvalue weighted by Crippen LogP contribution is 2.27. The van der Waals surface area contributed by atoms with Crippen molar-refractivity contribution in [3.8, 4) is 0 Å². The Morgan fingerprint density at radius 1 is 1.35 bits per heavy atom. The van der Waals surface area contributed by atoms with Crippen molar-refractivity contribution in [2.75, 3.05) is 19.6 Å². The van der Waals surface area contributed by atoms with Gasteiger partial charge in [-0.25, -0.2) is 9.59 Å². The van der Waals surface area contributed by atoms with Crippen molar-refractivity contribution in [3.63, 3.8) is 0 Å². The Morgan fingerprint density at radius 2 is 2.00 bits per heavy atom. The maximum absolute atomic E-state index is 12.0. The third-order valence-corrected chi connectivity index (χ3v) is 4.74. The minimum absolute atomic E-state index is 0.0789. The maximum Gasteiger partial charge on any atom is 0.326 e. The molecule has 3 rings (SSSR count). The zero-order chi connectivity index (χ0) is 14.7.